The average Bonchev–Trinajstić information content (AvgIpc) is 2.78. The van der Waals surface area contributed by atoms with Crippen molar-refractivity contribution in [1.29, 1.82) is 0 Å². The monoisotopic (exact) mass is 234 g/mol. The van der Waals surface area contributed by atoms with Gasteiger partial charge in [0.1, 0.15) is 12.0 Å². The van der Waals surface area contributed by atoms with Crippen LogP contribution in [0.1, 0.15) is 10.4 Å². The van der Waals surface area contributed by atoms with Crippen molar-refractivity contribution in [3.05, 3.63) is 46.5 Å². The van der Waals surface area contributed by atoms with Gasteiger partial charge in [0.2, 0.25) is 6.33 Å². The van der Waals surface area contributed by atoms with Crippen molar-refractivity contribution in [2.45, 2.75) is 0 Å². The molecule has 0 atom stereocenters. The summed E-state index contributed by atoms with van der Waals surface area (Å²) < 4.78 is 1.34. The molecule has 0 aromatic carbocycles. The Morgan fingerprint density at radius 1 is 1.41 bits per heavy atom. The Balaban J connectivity index is 2.33. The Kier molecular flexibility index (Phi) is 2.53. The number of carboxylic acid groups (broad SMARTS) is 1. The second-order valence-corrected chi connectivity index (χ2v) is 3.11. The summed E-state index contributed by atoms with van der Waals surface area (Å²) in [7, 11) is 0. The molecule has 17 heavy (non-hydrogen) atoms. The minimum Gasteiger partial charge on any atom is -0.478 e. The lowest BCUT2D eigenvalue weighted by molar-refractivity contribution is -0.389. The molecule has 86 valence electrons. The molecule has 2 heterocycles. The summed E-state index contributed by atoms with van der Waals surface area (Å²) in [4.78, 5) is 27.8. The Labute approximate surface area is 94.3 Å². The third kappa shape index (κ3) is 2.09. The first-order valence-corrected chi connectivity index (χ1v) is 4.46. The maximum atomic E-state index is 10.6. The van der Waals surface area contributed by atoms with E-state index in [1.807, 2.05) is 0 Å². The predicted octanol–water partition coefficient (Wildman–Crippen LogP) is 0.874. The van der Waals surface area contributed by atoms with Gasteiger partial charge in [0.05, 0.1) is 5.56 Å². The molecule has 0 saturated heterocycles. The van der Waals surface area contributed by atoms with Crippen molar-refractivity contribution in [3.8, 4) is 5.82 Å². The van der Waals surface area contributed by atoms with Gasteiger partial charge < -0.3 is 15.2 Å². The van der Waals surface area contributed by atoms with Crippen LogP contribution in [0.15, 0.2) is 30.9 Å². The number of imidazole rings is 1. The molecule has 0 aliphatic carbocycles. The second-order valence-electron chi connectivity index (χ2n) is 3.11. The number of hydrogen-bond donors (Lipinski definition) is 1. The van der Waals surface area contributed by atoms with Gasteiger partial charge in [-0.1, -0.05) is 0 Å². The fourth-order valence-electron chi connectivity index (χ4n) is 1.20. The number of hydrogen-bond acceptors (Lipinski definition) is 5. The summed E-state index contributed by atoms with van der Waals surface area (Å²) in [6.07, 6.45) is 3.60. The number of carbonyl (C=O) groups is 1. The molecule has 0 bridgehead atoms. The fraction of sp³-hybridized carbons (Fsp3) is 0. The highest BCUT2D eigenvalue weighted by molar-refractivity contribution is 5.87. The summed E-state index contributed by atoms with van der Waals surface area (Å²) in [5.74, 6) is -1.02. The quantitative estimate of drug-likeness (QED) is 0.623. The highest BCUT2D eigenvalue weighted by Crippen LogP contribution is 2.11. The van der Waals surface area contributed by atoms with Gasteiger partial charge in [0, 0.05) is 6.20 Å². The molecule has 0 unspecified atom stereocenters. The van der Waals surface area contributed by atoms with Crippen LogP contribution in [-0.2, 0) is 0 Å². The van der Waals surface area contributed by atoms with E-state index < -0.39 is 10.9 Å². The summed E-state index contributed by atoms with van der Waals surface area (Å²) in [5, 5.41) is 19.1. The van der Waals surface area contributed by atoms with E-state index in [0.717, 1.165) is 0 Å². The zero-order chi connectivity index (χ0) is 12.4. The molecule has 0 spiro atoms. The van der Waals surface area contributed by atoms with E-state index >= 15 is 0 Å². The molecule has 0 aliphatic rings. The standard InChI is InChI=1S/C9H6N4O4/c14-9(15)6-1-2-7(10-3-6)12-4-8(11-5-12)13(16)17/h1-5H,(H,14,15). The van der Waals surface area contributed by atoms with E-state index in [1.165, 1.54) is 35.4 Å². The molecule has 0 fully saturated rings. The van der Waals surface area contributed by atoms with Gasteiger partial charge in [-0.2, -0.15) is 0 Å². The molecule has 2 aromatic heterocycles. The van der Waals surface area contributed by atoms with Crippen LogP contribution in [0.4, 0.5) is 5.82 Å². The zero-order valence-corrected chi connectivity index (χ0v) is 8.35. The lowest BCUT2D eigenvalue weighted by Crippen LogP contribution is -2.00. The Bertz CT molecular complexity index is 575. The van der Waals surface area contributed by atoms with Crippen LogP contribution < -0.4 is 0 Å². The number of rotatable bonds is 3. The Morgan fingerprint density at radius 2 is 2.18 bits per heavy atom. The van der Waals surface area contributed by atoms with Crippen LogP contribution in [0, 0.1) is 10.1 Å². The number of carboxylic acids is 1. The van der Waals surface area contributed by atoms with Gasteiger partial charge in [-0.05, 0) is 22.0 Å². The topological polar surface area (TPSA) is 111 Å². The summed E-state index contributed by atoms with van der Waals surface area (Å²) in [6.45, 7) is 0. The van der Waals surface area contributed by atoms with Gasteiger partial charge in [0.15, 0.2) is 0 Å². The zero-order valence-electron chi connectivity index (χ0n) is 8.35. The van der Waals surface area contributed by atoms with Gasteiger partial charge >= 0.3 is 11.8 Å². The molecular formula is C9H6N4O4. The summed E-state index contributed by atoms with van der Waals surface area (Å²) >= 11 is 0. The van der Waals surface area contributed by atoms with Crippen molar-refractivity contribution in [2.24, 2.45) is 0 Å². The minimum absolute atomic E-state index is 0.0448. The van der Waals surface area contributed by atoms with Crippen molar-refractivity contribution in [2.75, 3.05) is 0 Å². The first-order valence-electron chi connectivity index (χ1n) is 4.46. The molecule has 0 radical (unpaired) electrons. The maximum Gasteiger partial charge on any atom is 0.381 e. The van der Waals surface area contributed by atoms with Crippen LogP contribution >= 0.6 is 0 Å². The predicted molar refractivity (Wildman–Crippen MR) is 55.0 cm³/mol. The molecule has 0 saturated carbocycles. The number of nitrogens with zero attached hydrogens (tertiary/aromatic N) is 4. The molecule has 2 rings (SSSR count). The van der Waals surface area contributed by atoms with E-state index in [4.69, 9.17) is 5.11 Å². The smallest absolute Gasteiger partial charge is 0.381 e. The largest absolute Gasteiger partial charge is 0.478 e. The molecular weight excluding hydrogens is 228 g/mol. The molecule has 0 aliphatic heterocycles. The van der Waals surface area contributed by atoms with E-state index in [2.05, 4.69) is 9.97 Å². The number of aromatic carboxylic acids is 1. The highest BCUT2D eigenvalue weighted by Gasteiger charge is 2.11. The van der Waals surface area contributed by atoms with Crippen LogP contribution in [0.3, 0.4) is 0 Å². The van der Waals surface area contributed by atoms with Crippen LogP contribution in [-0.4, -0.2) is 30.5 Å². The third-order valence-corrected chi connectivity index (χ3v) is 2.02. The van der Waals surface area contributed by atoms with E-state index in [1.54, 1.807) is 0 Å². The first-order chi connectivity index (χ1) is 8.08. The van der Waals surface area contributed by atoms with Crippen LogP contribution in [0.5, 0.6) is 0 Å². The van der Waals surface area contributed by atoms with Crippen molar-refractivity contribution in [1.82, 2.24) is 14.5 Å². The highest BCUT2D eigenvalue weighted by atomic mass is 16.6. The molecule has 8 heteroatoms. The lowest BCUT2D eigenvalue weighted by atomic mass is 10.3. The Morgan fingerprint density at radius 3 is 2.65 bits per heavy atom. The fourth-order valence-corrected chi connectivity index (χ4v) is 1.20. The van der Waals surface area contributed by atoms with E-state index in [0.29, 0.717) is 5.82 Å². The SMILES string of the molecule is O=C(O)c1ccc(-n2cnc([N+](=O)[O-])c2)nc1. The molecule has 0 amide bonds. The second kappa shape index (κ2) is 4.00. The Hall–Kier alpha value is -2.77. The van der Waals surface area contributed by atoms with Crippen molar-refractivity contribution >= 4 is 11.8 Å². The van der Waals surface area contributed by atoms with Gasteiger partial charge in [0.25, 0.3) is 0 Å². The average molecular weight is 234 g/mol. The van der Waals surface area contributed by atoms with Crippen molar-refractivity contribution < 1.29 is 14.8 Å². The van der Waals surface area contributed by atoms with Gasteiger partial charge in [-0.25, -0.2) is 9.78 Å². The number of pyridine rings is 1. The van der Waals surface area contributed by atoms with Crippen LogP contribution in [0.2, 0.25) is 0 Å². The lowest BCUT2D eigenvalue weighted by Gasteiger charge is -1.98. The maximum absolute atomic E-state index is 10.6. The normalized spacial score (nSPS) is 10.1. The summed E-state index contributed by atoms with van der Waals surface area (Å²) in [6, 6.07) is 2.80. The summed E-state index contributed by atoms with van der Waals surface area (Å²) in [5.41, 5.74) is 0.0448. The molecule has 2 aromatic rings. The molecule has 8 nitrogen and oxygen atoms in total. The number of aromatic nitrogens is 3. The molecule has 1 N–H and O–H groups in total. The van der Waals surface area contributed by atoms with E-state index in [9.17, 15) is 14.9 Å². The van der Waals surface area contributed by atoms with Crippen LogP contribution in [0.25, 0.3) is 5.82 Å². The third-order valence-electron chi connectivity index (χ3n) is 2.02. The van der Waals surface area contributed by atoms with Gasteiger partial charge in [-0.3, -0.25) is 4.57 Å². The number of nitro groups is 1. The van der Waals surface area contributed by atoms with Gasteiger partial charge in [-0.15, -0.1) is 0 Å². The van der Waals surface area contributed by atoms with Crippen molar-refractivity contribution in [3.63, 3.8) is 0 Å². The van der Waals surface area contributed by atoms with E-state index in [-0.39, 0.29) is 11.4 Å². The first kappa shape index (κ1) is 10.7. The minimum atomic E-state index is -1.08.